The minimum atomic E-state index is -0.551. The number of hydrogen-bond donors (Lipinski definition) is 0. The van der Waals surface area contributed by atoms with Crippen LogP contribution >= 0.6 is 0 Å². The van der Waals surface area contributed by atoms with Crippen molar-refractivity contribution in [2.24, 2.45) is 0 Å². The Labute approximate surface area is 159 Å². The predicted molar refractivity (Wildman–Crippen MR) is 105 cm³/mol. The second-order valence-electron chi connectivity index (χ2n) is 6.80. The molecule has 1 amide bonds. The third-order valence-electron chi connectivity index (χ3n) is 4.94. The minimum Gasteiger partial charge on any atom is -0.485 e. The molecule has 0 unspecified atom stereocenters. The number of carbonyl (C=O) groups is 1. The van der Waals surface area contributed by atoms with Gasteiger partial charge in [-0.3, -0.25) is 9.69 Å². The normalized spacial score (nSPS) is 20.0. The molecule has 1 atom stereocenters. The Morgan fingerprint density at radius 1 is 0.963 bits per heavy atom. The summed E-state index contributed by atoms with van der Waals surface area (Å²) in [7, 11) is 0. The van der Waals surface area contributed by atoms with Crippen LogP contribution in [0.5, 0.6) is 11.5 Å². The van der Waals surface area contributed by atoms with E-state index < -0.39 is 6.10 Å². The van der Waals surface area contributed by atoms with Gasteiger partial charge in [-0.05, 0) is 17.7 Å². The molecule has 2 aliphatic rings. The van der Waals surface area contributed by atoms with E-state index in [9.17, 15) is 4.79 Å². The van der Waals surface area contributed by atoms with Gasteiger partial charge >= 0.3 is 0 Å². The molecule has 0 radical (unpaired) electrons. The van der Waals surface area contributed by atoms with Crippen LogP contribution in [-0.2, 0) is 4.79 Å². The van der Waals surface area contributed by atoms with Gasteiger partial charge in [0.05, 0.1) is 0 Å². The van der Waals surface area contributed by atoms with Crippen LogP contribution < -0.4 is 9.47 Å². The summed E-state index contributed by atoms with van der Waals surface area (Å²) in [6.07, 6.45) is 3.77. The topological polar surface area (TPSA) is 42.0 Å². The Kier molecular flexibility index (Phi) is 5.39. The van der Waals surface area contributed by atoms with E-state index in [4.69, 9.17) is 9.47 Å². The molecule has 0 spiro atoms. The molecule has 0 aliphatic carbocycles. The number of nitrogens with zero attached hydrogens (tertiary/aromatic N) is 2. The maximum atomic E-state index is 12.8. The second kappa shape index (κ2) is 8.27. The zero-order valence-corrected chi connectivity index (χ0v) is 15.3. The second-order valence-corrected chi connectivity index (χ2v) is 6.80. The summed E-state index contributed by atoms with van der Waals surface area (Å²) in [5.41, 5.74) is 1.21. The zero-order chi connectivity index (χ0) is 18.5. The molecule has 0 bridgehead atoms. The van der Waals surface area contributed by atoms with Crippen LogP contribution in [-0.4, -0.2) is 61.1 Å². The molecule has 2 aliphatic heterocycles. The van der Waals surface area contributed by atoms with Crippen molar-refractivity contribution in [2.45, 2.75) is 6.10 Å². The van der Waals surface area contributed by atoms with Gasteiger partial charge in [-0.25, -0.2) is 0 Å². The first-order valence-electron chi connectivity index (χ1n) is 9.41. The predicted octanol–water partition coefficient (Wildman–Crippen LogP) is 2.68. The lowest BCUT2D eigenvalue weighted by atomic mass is 10.2. The van der Waals surface area contributed by atoms with Gasteiger partial charge in [0.25, 0.3) is 5.91 Å². The first-order valence-corrected chi connectivity index (χ1v) is 9.41. The first-order chi connectivity index (χ1) is 13.3. The molecule has 0 N–H and O–H groups in total. The van der Waals surface area contributed by atoms with Crippen LogP contribution in [0.4, 0.5) is 0 Å². The van der Waals surface area contributed by atoms with E-state index in [1.165, 1.54) is 5.56 Å². The molecule has 0 aromatic heterocycles. The number of para-hydroxylation sites is 2. The van der Waals surface area contributed by atoms with Gasteiger partial charge < -0.3 is 14.4 Å². The third-order valence-corrected chi connectivity index (χ3v) is 4.94. The smallest absolute Gasteiger partial charge is 0.267 e. The van der Waals surface area contributed by atoms with Crippen molar-refractivity contribution in [2.75, 3.05) is 39.3 Å². The number of fused-ring (bicyclic) bond motifs is 1. The highest BCUT2D eigenvalue weighted by Crippen LogP contribution is 2.31. The first kappa shape index (κ1) is 17.6. The summed E-state index contributed by atoms with van der Waals surface area (Å²) in [5.74, 6) is 1.37. The number of ether oxygens (including phenoxy) is 2. The maximum Gasteiger partial charge on any atom is 0.267 e. The largest absolute Gasteiger partial charge is 0.485 e. The third kappa shape index (κ3) is 4.31. The summed E-state index contributed by atoms with van der Waals surface area (Å²) in [5, 5.41) is 0. The molecule has 2 aromatic rings. The van der Waals surface area contributed by atoms with E-state index in [1.54, 1.807) is 0 Å². The summed E-state index contributed by atoms with van der Waals surface area (Å²) in [4.78, 5) is 17.0. The van der Waals surface area contributed by atoms with E-state index in [0.717, 1.165) is 32.7 Å². The van der Waals surface area contributed by atoms with E-state index in [-0.39, 0.29) is 12.5 Å². The summed E-state index contributed by atoms with van der Waals surface area (Å²) >= 11 is 0. The monoisotopic (exact) mass is 364 g/mol. The fourth-order valence-corrected chi connectivity index (χ4v) is 3.40. The highest BCUT2D eigenvalue weighted by Gasteiger charge is 2.32. The SMILES string of the molecule is O=C([C@H]1COc2ccccc2O1)N1CCN(C/C=C/c2ccccc2)CC1. The standard InChI is InChI=1S/C22H24N2O3/c25-22(21-17-26-19-10-4-5-11-20(19)27-21)24-15-13-23(14-16-24)12-6-9-18-7-2-1-3-8-18/h1-11,21H,12-17H2/b9-6+/t21-/m1/s1. The van der Waals surface area contributed by atoms with Crippen LogP contribution in [0.2, 0.25) is 0 Å². The van der Waals surface area contributed by atoms with Gasteiger partial charge in [0.1, 0.15) is 6.61 Å². The molecular weight excluding hydrogens is 340 g/mol. The van der Waals surface area contributed by atoms with Crippen molar-refractivity contribution in [3.63, 3.8) is 0 Å². The Balaban J connectivity index is 1.25. The van der Waals surface area contributed by atoms with E-state index >= 15 is 0 Å². The highest BCUT2D eigenvalue weighted by atomic mass is 16.6. The van der Waals surface area contributed by atoms with Gasteiger partial charge in [-0.15, -0.1) is 0 Å². The molecule has 1 fully saturated rings. The molecule has 2 heterocycles. The van der Waals surface area contributed by atoms with Crippen LogP contribution in [0.3, 0.4) is 0 Å². The average molecular weight is 364 g/mol. The Bertz CT molecular complexity index is 798. The molecule has 4 rings (SSSR count). The molecule has 2 aromatic carbocycles. The lowest BCUT2D eigenvalue weighted by molar-refractivity contribution is -0.142. The van der Waals surface area contributed by atoms with Gasteiger partial charge in [0.15, 0.2) is 11.5 Å². The van der Waals surface area contributed by atoms with Crippen molar-refractivity contribution in [1.29, 1.82) is 0 Å². The van der Waals surface area contributed by atoms with Gasteiger partial charge in [0, 0.05) is 32.7 Å². The summed E-state index contributed by atoms with van der Waals surface area (Å²) in [6.45, 7) is 4.35. The van der Waals surface area contributed by atoms with Crippen molar-refractivity contribution in [3.05, 3.63) is 66.2 Å². The molecule has 1 saturated heterocycles. The minimum absolute atomic E-state index is 0.0176. The lowest BCUT2D eigenvalue weighted by Crippen LogP contribution is -2.54. The fourth-order valence-electron chi connectivity index (χ4n) is 3.40. The fraction of sp³-hybridized carbons (Fsp3) is 0.318. The molecular formula is C22H24N2O3. The van der Waals surface area contributed by atoms with Crippen molar-refractivity contribution >= 4 is 12.0 Å². The van der Waals surface area contributed by atoms with E-state index in [2.05, 4.69) is 29.2 Å². The quantitative estimate of drug-likeness (QED) is 0.837. The van der Waals surface area contributed by atoms with Gasteiger partial charge in [0.2, 0.25) is 6.10 Å². The van der Waals surface area contributed by atoms with Gasteiger partial charge in [-0.1, -0.05) is 54.6 Å². The number of rotatable bonds is 4. The van der Waals surface area contributed by atoms with Crippen LogP contribution in [0, 0.1) is 0 Å². The van der Waals surface area contributed by atoms with Crippen molar-refractivity contribution in [1.82, 2.24) is 9.80 Å². The molecule has 27 heavy (non-hydrogen) atoms. The van der Waals surface area contributed by atoms with E-state index in [0.29, 0.717) is 11.5 Å². The molecule has 5 nitrogen and oxygen atoms in total. The number of benzene rings is 2. The van der Waals surface area contributed by atoms with Gasteiger partial charge in [-0.2, -0.15) is 0 Å². The number of amides is 1. The van der Waals surface area contributed by atoms with Crippen LogP contribution in [0.25, 0.3) is 6.08 Å². The van der Waals surface area contributed by atoms with Crippen LogP contribution in [0.1, 0.15) is 5.56 Å². The number of carbonyl (C=O) groups excluding carboxylic acids is 1. The summed E-state index contributed by atoms with van der Waals surface area (Å²) in [6, 6.07) is 17.8. The Morgan fingerprint density at radius 3 is 2.44 bits per heavy atom. The molecule has 140 valence electrons. The molecule has 0 saturated carbocycles. The zero-order valence-electron chi connectivity index (χ0n) is 15.3. The maximum absolute atomic E-state index is 12.8. The number of piperazine rings is 1. The van der Waals surface area contributed by atoms with Crippen LogP contribution in [0.15, 0.2) is 60.7 Å². The van der Waals surface area contributed by atoms with Crippen molar-refractivity contribution in [3.8, 4) is 11.5 Å². The van der Waals surface area contributed by atoms with Crippen molar-refractivity contribution < 1.29 is 14.3 Å². The average Bonchev–Trinajstić information content (AvgIpc) is 2.74. The number of hydrogen-bond acceptors (Lipinski definition) is 4. The Hall–Kier alpha value is -2.79. The highest BCUT2D eigenvalue weighted by molar-refractivity contribution is 5.82. The van der Waals surface area contributed by atoms with E-state index in [1.807, 2.05) is 47.4 Å². The Morgan fingerprint density at radius 2 is 1.67 bits per heavy atom. The lowest BCUT2D eigenvalue weighted by Gasteiger charge is -2.36. The summed E-state index contributed by atoms with van der Waals surface area (Å²) < 4.78 is 11.5. The molecule has 5 heteroatoms.